The summed E-state index contributed by atoms with van der Waals surface area (Å²) in [7, 11) is 1.55. The van der Waals surface area contributed by atoms with Crippen LogP contribution in [-0.2, 0) is 11.2 Å². The molecule has 0 amide bonds. The molecule has 0 fully saturated rings. The van der Waals surface area contributed by atoms with Gasteiger partial charge in [-0.3, -0.25) is 0 Å². The average molecular weight is 182 g/mol. The second-order valence-corrected chi connectivity index (χ2v) is 2.71. The van der Waals surface area contributed by atoms with Gasteiger partial charge in [-0.15, -0.1) is 0 Å². The third kappa shape index (κ3) is 2.86. The number of aldehydes is 1. The normalized spacial score (nSPS) is 12.2. The highest BCUT2D eigenvalue weighted by molar-refractivity contribution is 5.56. The van der Waals surface area contributed by atoms with Crippen molar-refractivity contribution in [1.82, 2.24) is 0 Å². The van der Waals surface area contributed by atoms with Crippen LogP contribution in [0.2, 0.25) is 0 Å². The minimum atomic E-state index is -1.42. The molecule has 0 aliphatic rings. The van der Waals surface area contributed by atoms with Crippen LogP contribution in [0.4, 0.5) is 4.39 Å². The Bertz CT molecular complexity index is 286. The summed E-state index contributed by atoms with van der Waals surface area (Å²) in [5.41, 5.74) is 0.763. The van der Waals surface area contributed by atoms with Crippen molar-refractivity contribution >= 4 is 6.29 Å². The van der Waals surface area contributed by atoms with Crippen LogP contribution in [0.3, 0.4) is 0 Å². The minimum absolute atomic E-state index is 0.112. The number of hydrogen-bond acceptors (Lipinski definition) is 2. The second kappa shape index (κ2) is 4.60. The van der Waals surface area contributed by atoms with Crippen LogP contribution < -0.4 is 4.74 Å². The molecule has 0 aliphatic carbocycles. The summed E-state index contributed by atoms with van der Waals surface area (Å²) >= 11 is 0. The number of carbonyl (C=O) groups excluding carboxylic acids is 1. The Morgan fingerprint density at radius 2 is 2.38 bits per heavy atom. The molecule has 1 aromatic rings. The zero-order valence-corrected chi connectivity index (χ0v) is 7.37. The van der Waals surface area contributed by atoms with Crippen LogP contribution in [0.1, 0.15) is 5.56 Å². The molecule has 0 N–H and O–H groups in total. The number of benzene rings is 1. The highest BCUT2D eigenvalue weighted by Gasteiger charge is 2.05. The smallest absolute Gasteiger partial charge is 0.159 e. The highest BCUT2D eigenvalue weighted by atomic mass is 19.1. The maximum Gasteiger partial charge on any atom is 0.159 e. The van der Waals surface area contributed by atoms with Crippen molar-refractivity contribution in [3.05, 3.63) is 29.8 Å². The van der Waals surface area contributed by atoms with E-state index in [9.17, 15) is 9.18 Å². The monoisotopic (exact) mass is 182 g/mol. The van der Waals surface area contributed by atoms with E-state index in [1.54, 1.807) is 31.4 Å². The molecule has 2 nitrogen and oxygen atoms in total. The van der Waals surface area contributed by atoms with E-state index in [0.717, 1.165) is 5.56 Å². The van der Waals surface area contributed by atoms with E-state index in [2.05, 4.69) is 0 Å². The fourth-order valence-corrected chi connectivity index (χ4v) is 1.07. The number of alkyl halides is 1. The lowest BCUT2D eigenvalue weighted by molar-refractivity contribution is -0.111. The van der Waals surface area contributed by atoms with Gasteiger partial charge in [-0.05, 0) is 17.7 Å². The molecule has 0 aromatic heterocycles. The summed E-state index contributed by atoms with van der Waals surface area (Å²) in [5.74, 6) is 0.676. The van der Waals surface area contributed by atoms with Gasteiger partial charge in [0.15, 0.2) is 12.5 Å². The number of methoxy groups -OCH3 is 1. The van der Waals surface area contributed by atoms with Crippen molar-refractivity contribution in [2.24, 2.45) is 0 Å². The van der Waals surface area contributed by atoms with E-state index in [0.29, 0.717) is 12.0 Å². The molecular weight excluding hydrogens is 171 g/mol. The van der Waals surface area contributed by atoms with Crippen molar-refractivity contribution in [2.45, 2.75) is 12.6 Å². The van der Waals surface area contributed by atoms with Gasteiger partial charge in [-0.1, -0.05) is 12.1 Å². The minimum Gasteiger partial charge on any atom is -0.497 e. The molecule has 70 valence electrons. The Morgan fingerprint density at radius 1 is 1.62 bits per heavy atom. The van der Waals surface area contributed by atoms with Crippen LogP contribution in [0, 0.1) is 0 Å². The van der Waals surface area contributed by atoms with Gasteiger partial charge in [0.05, 0.1) is 7.11 Å². The summed E-state index contributed by atoms with van der Waals surface area (Å²) < 4.78 is 17.6. The van der Waals surface area contributed by atoms with E-state index >= 15 is 0 Å². The molecule has 0 saturated heterocycles. The van der Waals surface area contributed by atoms with Gasteiger partial charge in [0.25, 0.3) is 0 Å². The lowest BCUT2D eigenvalue weighted by Gasteiger charge is -2.03. The summed E-state index contributed by atoms with van der Waals surface area (Å²) in [6, 6.07) is 7.03. The van der Waals surface area contributed by atoms with Crippen molar-refractivity contribution < 1.29 is 13.9 Å². The van der Waals surface area contributed by atoms with Gasteiger partial charge >= 0.3 is 0 Å². The van der Waals surface area contributed by atoms with E-state index in [-0.39, 0.29) is 6.42 Å². The predicted octanol–water partition coefficient (Wildman–Crippen LogP) is 1.77. The first-order valence-electron chi connectivity index (χ1n) is 3.98. The summed E-state index contributed by atoms with van der Waals surface area (Å²) in [5, 5.41) is 0. The fourth-order valence-electron chi connectivity index (χ4n) is 1.07. The Hall–Kier alpha value is -1.38. The Labute approximate surface area is 76.3 Å². The van der Waals surface area contributed by atoms with E-state index in [1.165, 1.54) is 0 Å². The largest absolute Gasteiger partial charge is 0.497 e. The zero-order valence-electron chi connectivity index (χ0n) is 7.37. The predicted molar refractivity (Wildman–Crippen MR) is 47.7 cm³/mol. The van der Waals surface area contributed by atoms with Gasteiger partial charge in [-0.2, -0.15) is 0 Å². The Balaban J connectivity index is 2.71. The SMILES string of the molecule is COc1cccc(CC(F)C=O)c1. The van der Waals surface area contributed by atoms with E-state index in [1.807, 2.05) is 0 Å². The molecule has 1 rings (SSSR count). The molecule has 0 heterocycles. The van der Waals surface area contributed by atoms with Crippen molar-refractivity contribution in [3.63, 3.8) is 0 Å². The summed E-state index contributed by atoms with van der Waals surface area (Å²) in [6.45, 7) is 0. The quantitative estimate of drug-likeness (QED) is 0.663. The molecule has 0 radical (unpaired) electrons. The number of rotatable bonds is 4. The van der Waals surface area contributed by atoms with E-state index in [4.69, 9.17) is 4.74 Å². The van der Waals surface area contributed by atoms with Crippen LogP contribution >= 0.6 is 0 Å². The number of carbonyl (C=O) groups is 1. The Morgan fingerprint density at radius 3 is 3.00 bits per heavy atom. The van der Waals surface area contributed by atoms with E-state index < -0.39 is 6.17 Å². The van der Waals surface area contributed by atoms with Crippen molar-refractivity contribution in [1.29, 1.82) is 0 Å². The third-order valence-corrected chi connectivity index (χ3v) is 1.71. The maximum absolute atomic E-state index is 12.6. The first-order valence-corrected chi connectivity index (χ1v) is 3.98. The van der Waals surface area contributed by atoms with Gasteiger partial charge < -0.3 is 9.53 Å². The topological polar surface area (TPSA) is 26.3 Å². The average Bonchev–Trinajstić information content (AvgIpc) is 2.18. The molecule has 3 heteroatoms. The molecule has 0 spiro atoms. The number of hydrogen-bond donors (Lipinski definition) is 0. The van der Waals surface area contributed by atoms with Gasteiger partial charge in [-0.25, -0.2) is 4.39 Å². The molecule has 1 aromatic carbocycles. The standard InChI is InChI=1S/C10H11FO2/c1-13-10-4-2-3-8(6-10)5-9(11)7-12/h2-4,6-7,9H,5H2,1H3. The van der Waals surface area contributed by atoms with Crippen LogP contribution in [0.25, 0.3) is 0 Å². The van der Waals surface area contributed by atoms with Gasteiger partial charge in [0.2, 0.25) is 0 Å². The van der Waals surface area contributed by atoms with Crippen LogP contribution in [-0.4, -0.2) is 19.6 Å². The number of ether oxygens (including phenoxy) is 1. The van der Waals surface area contributed by atoms with Gasteiger partial charge in [0.1, 0.15) is 5.75 Å². The molecule has 13 heavy (non-hydrogen) atoms. The fraction of sp³-hybridized carbons (Fsp3) is 0.300. The number of halogens is 1. The third-order valence-electron chi connectivity index (χ3n) is 1.71. The van der Waals surface area contributed by atoms with Crippen molar-refractivity contribution in [2.75, 3.05) is 7.11 Å². The summed E-state index contributed by atoms with van der Waals surface area (Å²) in [6.07, 6.45) is -1.01. The molecule has 0 bridgehead atoms. The second-order valence-electron chi connectivity index (χ2n) is 2.71. The molecule has 0 saturated carbocycles. The highest BCUT2D eigenvalue weighted by Crippen LogP contribution is 2.14. The lowest BCUT2D eigenvalue weighted by Crippen LogP contribution is -2.05. The van der Waals surface area contributed by atoms with Crippen LogP contribution in [0.15, 0.2) is 24.3 Å². The molecule has 0 aliphatic heterocycles. The summed E-state index contributed by atoms with van der Waals surface area (Å²) in [4.78, 5) is 10.1. The Kier molecular flexibility index (Phi) is 3.43. The van der Waals surface area contributed by atoms with Crippen LogP contribution in [0.5, 0.6) is 5.75 Å². The molecule has 1 atom stereocenters. The first kappa shape index (κ1) is 9.71. The lowest BCUT2D eigenvalue weighted by atomic mass is 10.1. The van der Waals surface area contributed by atoms with Crippen molar-refractivity contribution in [3.8, 4) is 5.75 Å². The van der Waals surface area contributed by atoms with Gasteiger partial charge in [0, 0.05) is 6.42 Å². The maximum atomic E-state index is 12.6. The molecular formula is C10H11FO2. The zero-order chi connectivity index (χ0) is 9.68. The first-order chi connectivity index (χ1) is 6.26. The molecule has 1 unspecified atom stereocenters.